The van der Waals surface area contributed by atoms with Crippen LogP contribution in [0.4, 0.5) is 0 Å². The lowest BCUT2D eigenvalue weighted by atomic mass is 10.1. The van der Waals surface area contributed by atoms with E-state index in [1.165, 1.54) is 0 Å². The number of nitrogens with zero attached hydrogens (tertiary/aromatic N) is 3. The van der Waals surface area contributed by atoms with Gasteiger partial charge in [0.25, 0.3) is 0 Å². The van der Waals surface area contributed by atoms with Crippen molar-refractivity contribution in [2.24, 2.45) is 0 Å². The lowest BCUT2D eigenvalue weighted by Gasteiger charge is -2.05. The van der Waals surface area contributed by atoms with Crippen molar-refractivity contribution in [3.63, 3.8) is 0 Å². The Morgan fingerprint density at radius 3 is 2.65 bits per heavy atom. The van der Waals surface area contributed by atoms with Crippen LogP contribution in [-0.4, -0.2) is 20.5 Å². The van der Waals surface area contributed by atoms with Crippen LogP contribution in [0.1, 0.15) is 41.3 Å². The van der Waals surface area contributed by atoms with Gasteiger partial charge in [-0.1, -0.05) is 18.5 Å². The van der Waals surface area contributed by atoms with E-state index in [9.17, 15) is 4.79 Å². The average Bonchev–Trinajstić information content (AvgIpc) is 2.76. The summed E-state index contributed by atoms with van der Waals surface area (Å²) in [4.78, 5) is 16.5. The van der Waals surface area contributed by atoms with Crippen LogP contribution in [0.25, 0.3) is 0 Å². The van der Waals surface area contributed by atoms with Gasteiger partial charge in [0.15, 0.2) is 5.78 Å². The number of hydrogen-bond donors (Lipinski definition) is 0. The minimum Gasteiger partial charge on any atom is -0.294 e. The van der Waals surface area contributed by atoms with E-state index in [-0.39, 0.29) is 12.2 Å². The highest BCUT2D eigenvalue weighted by molar-refractivity contribution is 6.32. The van der Waals surface area contributed by atoms with E-state index in [1.54, 1.807) is 16.9 Å². The number of aromatic nitrogens is 3. The predicted octanol–water partition coefficient (Wildman–Crippen LogP) is 3.25. The first-order valence-electron chi connectivity index (χ1n) is 6.76. The fraction of sp³-hybridized carbons (Fsp3) is 0.400. The van der Waals surface area contributed by atoms with Gasteiger partial charge in [-0.2, -0.15) is 5.10 Å². The molecule has 0 saturated heterocycles. The number of aryl methyl sites for hydroxylation is 3. The second-order valence-electron chi connectivity index (χ2n) is 4.66. The lowest BCUT2D eigenvalue weighted by molar-refractivity contribution is 0.0990. The maximum absolute atomic E-state index is 12.3. The monoisotopic (exact) mass is 291 g/mol. The van der Waals surface area contributed by atoms with E-state index in [2.05, 4.69) is 10.1 Å². The zero-order chi connectivity index (χ0) is 14.7. The molecule has 2 aromatic heterocycles. The summed E-state index contributed by atoms with van der Waals surface area (Å²) >= 11 is 6.31. The van der Waals surface area contributed by atoms with E-state index < -0.39 is 0 Å². The maximum atomic E-state index is 12.3. The lowest BCUT2D eigenvalue weighted by Crippen LogP contribution is -2.10. The van der Waals surface area contributed by atoms with E-state index >= 15 is 0 Å². The maximum Gasteiger partial charge on any atom is 0.170 e. The molecule has 106 valence electrons. The number of halogens is 1. The second-order valence-corrected chi connectivity index (χ2v) is 5.04. The molecule has 0 bridgehead atoms. The Morgan fingerprint density at radius 2 is 2.10 bits per heavy atom. The van der Waals surface area contributed by atoms with Gasteiger partial charge >= 0.3 is 0 Å². The summed E-state index contributed by atoms with van der Waals surface area (Å²) in [5, 5.41) is 5.04. The quantitative estimate of drug-likeness (QED) is 0.795. The summed E-state index contributed by atoms with van der Waals surface area (Å²) in [5.74, 6) is 0.0108. The fourth-order valence-corrected chi connectivity index (χ4v) is 2.41. The van der Waals surface area contributed by atoms with Crippen LogP contribution in [0.15, 0.2) is 18.3 Å². The molecular weight excluding hydrogens is 274 g/mol. The third-order valence-electron chi connectivity index (χ3n) is 3.26. The summed E-state index contributed by atoms with van der Waals surface area (Å²) in [5.41, 5.74) is 3.13. The number of carbonyl (C=O) groups excluding carboxylic acids is 1. The zero-order valence-corrected chi connectivity index (χ0v) is 12.7. The van der Waals surface area contributed by atoms with Crippen LogP contribution in [0.5, 0.6) is 0 Å². The topological polar surface area (TPSA) is 47.8 Å². The molecule has 2 heterocycles. The van der Waals surface area contributed by atoms with Crippen molar-refractivity contribution in [1.82, 2.24) is 14.8 Å². The first kappa shape index (κ1) is 14.7. The molecule has 2 rings (SSSR count). The van der Waals surface area contributed by atoms with Gasteiger partial charge in [0, 0.05) is 24.0 Å². The Balaban J connectivity index is 2.27. The van der Waals surface area contributed by atoms with Gasteiger partial charge in [0.05, 0.1) is 22.8 Å². The van der Waals surface area contributed by atoms with Crippen LogP contribution in [0.2, 0.25) is 5.02 Å². The zero-order valence-electron chi connectivity index (χ0n) is 12.0. The van der Waals surface area contributed by atoms with E-state index in [0.717, 1.165) is 23.5 Å². The minimum atomic E-state index is 0.0108. The van der Waals surface area contributed by atoms with Crippen LogP contribution in [0.3, 0.4) is 0 Å². The van der Waals surface area contributed by atoms with Crippen molar-refractivity contribution in [2.75, 3.05) is 0 Å². The van der Waals surface area contributed by atoms with E-state index in [4.69, 9.17) is 11.6 Å². The molecule has 0 aliphatic rings. The normalized spacial score (nSPS) is 10.8. The van der Waals surface area contributed by atoms with Crippen molar-refractivity contribution in [3.8, 4) is 0 Å². The number of ketones is 1. The molecule has 4 nitrogen and oxygen atoms in total. The molecule has 2 aromatic rings. The van der Waals surface area contributed by atoms with Crippen molar-refractivity contribution in [3.05, 3.63) is 46.0 Å². The Morgan fingerprint density at radius 1 is 1.35 bits per heavy atom. The van der Waals surface area contributed by atoms with Crippen LogP contribution < -0.4 is 0 Å². The molecule has 0 aliphatic heterocycles. The molecule has 20 heavy (non-hydrogen) atoms. The van der Waals surface area contributed by atoms with Crippen molar-refractivity contribution < 1.29 is 4.79 Å². The molecule has 0 saturated carbocycles. The number of Topliss-reactive ketones (excluding diaryl/α,β-unsaturated/α-hetero) is 1. The van der Waals surface area contributed by atoms with Crippen LogP contribution in [-0.2, 0) is 19.4 Å². The number of rotatable bonds is 5. The molecule has 0 N–H and O–H groups in total. The summed E-state index contributed by atoms with van der Waals surface area (Å²) in [7, 11) is 0. The predicted molar refractivity (Wildman–Crippen MR) is 79.3 cm³/mol. The van der Waals surface area contributed by atoms with Crippen LogP contribution >= 0.6 is 11.6 Å². The third kappa shape index (κ3) is 2.90. The first-order valence-corrected chi connectivity index (χ1v) is 7.14. The van der Waals surface area contributed by atoms with Gasteiger partial charge in [0.1, 0.15) is 0 Å². The molecule has 0 unspecified atom stereocenters. The van der Waals surface area contributed by atoms with Crippen molar-refractivity contribution >= 4 is 17.4 Å². The Labute approximate surface area is 123 Å². The second kappa shape index (κ2) is 6.18. The molecule has 0 spiro atoms. The van der Waals surface area contributed by atoms with Gasteiger partial charge in [-0.15, -0.1) is 0 Å². The Hall–Kier alpha value is -1.68. The summed E-state index contributed by atoms with van der Waals surface area (Å²) in [6.07, 6.45) is 2.63. The van der Waals surface area contributed by atoms with Crippen molar-refractivity contribution in [2.45, 2.75) is 40.2 Å². The third-order valence-corrected chi connectivity index (χ3v) is 3.69. The number of carbonyl (C=O) groups is 1. The van der Waals surface area contributed by atoms with Gasteiger partial charge in [-0.05, 0) is 32.4 Å². The molecule has 0 radical (unpaired) electrons. The highest BCUT2D eigenvalue weighted by atomic mass is 35.5. The molecule has 0 atom stereocenters. The summed E-state index contributed by atoms with van der Waals surface area (Å²) in [6, 6.07) is 3.63. The SMILES string of the molecule is CCc1nn(CC)c(CC(=O)c2ccc(C)nc2)c1Cl. The highest BCUT2D eigenvalue weighted by Crippen LogP contribution is 2.23. The van der Waals surface area contributed by atoms with Crippen LogP contribution in [0, 0.1) is 6.92 Å². The average molecular weight is 292 g/mol. The standard InChI is InChI=1S/C15H18ClN3O/c1-4-12-15(16)13(19(5-2)18-12)8-14(20)11-7-6-10(3)17-9-11/h6-7,9H,4-5,8H2,1-3H3. The largest absolute Gasteiger partial charge is 0.294 e. The highest BCUT2D eigenvalue weighted by Gasteiger charge is 2.18. The summed E-state index contributed by atoms with van der Waals surface area (Å²) in [6.45, 7) is 6.59. The smallest absolute Gasteiger partial charge is 0.170 e. The first-order chi connectivity index (χ1) is 9.56. The van der Waals surface area contributed by atoms with Gasteiger partial charge in [0.2, 0.25) is 0 Å². The Kier molecular flexibility index (Phi) is 4.55. The van der Waals surface area contributed by atoms with Gasteiger partial charge < -0.3 is 0 Å². The van der Waals surface area contributed by atoms with Crippen molar-refractivity contribution in [1.29, 1.82) is 0 Å². The molecular formula is C15H18ClN3O. The van der Waals surface area contributed by atoms with E-state index in [1.807, 2.05) is 26.8 Å². The molecule has 0 fully saturated rings. The molecule has 5 heteroatoms. The van der Waals surface area contributed by atoms with E-state index in [0.29, 0.717) is 17.1 Å². The number of hydrogen-bond acceptors (Lipinski definition) is 3. The fourth-order valence-electron chi connectivity index (χ4n) is 2.07. The Bertz CT molecular complexity index is 617. The number of pyridine rings is 1. The molecule has 0 aliphatic carbocycles. The molecule has 0 amide bonds. The van der Waals surface area contributed by atoms with Gasteiger partial charge in [-0.25, -0.2) is 0 Å². The minimum absolute atomic E-state index is 0.0108. The van der Waals surface area contributed by atoms with Gasteiger partial charge in [-0.3, -0.25) is 14.5 Å². The summed E-state index contributed by atoms with van der Waals surface area (Å²) < 4.78 is 1.81. The molecule has 0 aromatic carbocycles.